The molecular weight excluding hydrogens is 1170 g/mol. The monoisotopic (exact) mass is 1250 g/mol. The lowest BCUT2D eigenvalue weighted by molar-refractivity contribution is -0.422. The van der Waals surface area contributed by atoms with Crippen LogP contribution < -0.4 is 0 Å². The van der Waals surface area contributed by atoms with Crippen LogP contribution in [0.2, 0.25) is 0 Å². The number of fused-ring (bicyclic) bond motifs is 3. The quantitative estimate of drug-likeness (QED) is 0.0180. The summed E-state index contributed by atoms with van der Waals surface area (Å²) in [4.78, 5) is 43.5. The molecule has 6 aromatic carbocycles. The van der Waals surface area contributed by atoms with Crippen LogP contribution in [0.3, 0.4) is 0 Å². The van der Waals surface area contributed by atoms with E-state index >= 15 is 0 Å². The fourth-order valence-electron chi connectivity index (χ4n) is 11.9. The van der Waals surface area contributed by atoms with Crippen LogP contribution in [0.15, 0.2) is 194 Å². The van der Waals surface area contributed by atoms with Crippen molar-refractivity contribution in [1.82, 2.24) is 0 Å². The van der Waals surface area contributed by atoms with Crippen LogP contribution in [-0.4, -0.2) is 136 Å². The van der Waals surface area contributed by atoms with Gasteiger partial charge in [-0.2, -0.15) is 0 Å². The first-order chi connectivity index (χ1) is 44.7. The van der Waals surface area contributed by atoms with E-state index in [9.17, 15) is 19.9 Å². The van der Waals surface area contributed by atoms with Crippen molar-refractivity contribution in [3.63, 3.8) is 0 Å². The Morgan fingerprint density at radius 2 is 0.956 bits per heavy atom. The molecular formula is C69H71N3O19. The zero-order chi connectivity index (χ0) is 62.5. The van der Waals surface area contributed by atoms with Crippen molar-refractivity contribution >= 4 is 17.7 Å². The Balaban J connectivity index is 0.957. The maximum absolute atomic E-state index is 14.3. The van der Waals surface area contributed by atoms with Crippen molar-refractivity contribution in [3.05, 3.63) is 238 Å². The van der Waals surface area contributed by atoms with Gasteiger partial charge in [-0.15, -0.1) is 0 Å². The molecule has 0 bridgehead atoms. The van der Waals surface area contributed by atoms with E-state index in [0.717, 1.165) is 22.3 Å². The summed E-state index contributed by atoms with van der Waals surface area (Å²) in [5, 5.41) is 4.33. The maximum Gasteiger partial charge on any atom is 0.338 e. The Kier molecular flexibility index (Phi) is 21.4. The minimum atomic E-state index is -1.56. The van der Waals surface area contributed by atoms with Gasteiger partial charge in [-0.05, 0) is 35.2 Å². The van der Waals surface area contributed by atoms with Gasteiger partial charge < -0.3 is 80.6 Å². The first kappa shape index (κ1) is 63.6. The molecule has 6 fully saturated rings. The number of esters is 2. The lowest BCUT2D eigenvalue weighted by atomic mass is 9.93. The van der Waals surface area contributed by atoms with E-state index in [4.69, 9.17) is 75.8 Å². The van der Waals surface area contributed by atoms with E-state index in [0.29, 0.717) is 11.1 Å². The Morgan fingerprint density at radius 1 is 0.516 bits per heavy atom. The highest BCUT2D eigenvalue weighted by atomic mass is 16.8. The van der Waals surface area contributed by atoms with Crippen LogP contribution in [0.25, 0.3) is 10.4 Å². The largest absolute Gasteiger partial charge is 0.458 e. The molecule has 12 rings (SSSR count). The third kappa shape index (κ3) is 15.5. The summed E-state index contributed by atoms with van der Waals surface area (Å²) >= 11 is 0. The molecule has 0 aliphatic carbocycles. The fourth-order valence-corrected chi connectivity index (χ4v) is 11.9. The summed E-state index contributed by atoms with van der Waals surface area (Å²) < 4.78 is 108. The topological polar surface area (TPSA) is 248 Å². The summed E-state index contributed by atoms with van der Waals surface area (Å²) in [5.41, 5.74) is 15.0. The Morgan fingerprint density at radius 3 is 1.45 bits per heavy atom. The molecule has 6 aromatic rings. The predicted molar refractivity (Wildman–Crippen MR) is 320 cm³/mol. The van der Waals surface area contributed by atoms with Crippen molar-refractivity contribution in [1.29, 1.82) is 0 Å². The van der Waals surface area contributed by atoms with Crippen LogP contribution in [0.5, 0.6) is 0 Å². The predicted octanol–water partition coefficient (Wildman–Crippen LogP) is 9.96. The van der Waals surface area contributed by atoms with Gasteiger partial charge >= 0.3 is 11.9 Å². The van der Waals surface area contributed by atoms with Gasteiger partial charge in [0.2, 0.25) is 0 Å². The zero-order valence-electron chi connectivity index (χ0n) is 49.9. The zero-order valence-corrected chi connectivity index (χ0v) is 49.9. The van der Waals surface area contributed by atoms with Crippen LogP contribution in [0.1, 0.15) is 82.4 Å². The molecule has 476 valence electrons. The second-order valence-electron chi connectivity index (χ2n) is 22.6. The summed E-state index contributed by atoms with van der Waals surface area (Å²) in [7, 11) is 0. The number of Topliss-reactive ketones (excluding diaryl/α,β-unsaturated/α-hetero) is 1. The Bertz CT molecular complexity index is 3390. The minimum absolute atomic E-state index is 0.0215. The molecule has 6 aliphatic heterocycles. The van der Waals surface area contributed by atoms with Gasteiger partial charge in [0, 0.05) is 28.0 Å². The van der Waals surface area contributed by atoms with E-state index in [1.165, 1.54) is 13.0 Å². The van der Waals surface area contributed by atoms with Crippen LogP contribution >= 0.6 is 0 Å². The maximum atomic E-state index is 14.3. The molecule has 0 aromatic heterocycles. The average Bonchev–Trinajstić information content (AvgIpc) is 0.847. The van der Waals surface area contributed by atoms with Gasteiger partial charge in [-0.1, -0.05) is 188 Å². The smallest absolute Gasteiger partial charge is 0.338 e. The van der Waals surface area contributed by atoms with Crippen molar-refractivity contribution in [2.24, 2.45) is 5.11 Å². The minimum Gasteiger partial charge on any atom is -0.458 e. The van der Waals surface area contributed by atoms with Gasteiger partial charge in [0.25, 0.3) is 0 Å². The SMILES string of the molecule is C=CCOC(=O)c1ccccc1CO[C@H]1O[C@@H]2COC(c3ccccc3)O[C@H]2[C@H](O[C@@H]2O[C@@H]3COC(c4ccccc4)O[C@H]3[C@H](OCc3ccccc3)[C@@H]2O[C@H]2O[C@@H]3COC(c4ccccc4)O[C@H]3[C@H](OCc3ccccc3)[C@@H]2OC(=O)CCC(C)=O)[C@H]1N=[N+]=[N-]. The third-order valence-corrected chi connectivity index (χ3v) is 16.3. The number of hydrogen-bond donors (Lipinski definition) is 0. The van der Waals surface area contributed by atoms with Crippen molar-refractivity contribution in [2.45, 2.75) is 151 Å². The lowest BCUT2D eigenvalue weighted by Crippen LogP contribution is -2.69. The lowest BCUT2D eigenvalue weighted by Gasteiger charge is -2.54. The molecule has 0 saturated carbocycles. The molecule has 18 atom stereocenters. The van der Waals surface area contributed by atoms with Gasteiger partial charge in [-0.25, -0.2) is 4.79 Å². The molecule has 91 heavy (non-hydrogen) atoms. The fraction of sp³-hybridized carbons (Fsp3) is 0.406. The highest BCUT2D eigenvalue weighted by Crippen LogP contribution is 2.44. The number of carbonyl (C=O) groups is 3. The number of carbonyl (C=O) groups excluding carboxylic acids is 3. The first-order valence-corrected chi connectivity index (χ1v) is 30.4. The Hall–Kier alpha value is -7.58. The molecule has 0 N–H and O–H groups in total. The highest BCUT2D eigenvalue weighted by Gasteiger charge is 2.60. The summed E-state index contributed by atoms with van der Waals surface area (Å²) in [6.07, 6.45) is -18.3. The van der Waals surface area contributed by atoms with E-state index < -0.39 is 123 Å². The number of nitrogens with zero attached hydrogens (tertiary/aromatic N) is 3. The summed E-state index contributed by atoms with van der Waals surface area (Å²) in [5.74, 6) is -1.57. The second-order valence-corrected chi connectivity index (χ2v) is 22.6. The van der Waals surface area contributed by atoms with Crippen LogP contribution in [0.4, 0.5) is 0 Å². The third-order valence-electron chi connectivity index (χ3n) is 16.3. The van der Waals surface area contributed by atoms with E-state index in [1.807, 2.05) is 152 Å². The number of ether oxygens (including phenoxy) is 16. The van der Waals surface area contributed by atoms with Crippen molar-refractivity contribution in [3.8, 4) is 0 Å². The van der Waals surface area contributed by atoms with Gasteiger partial charge in [0.15, 0.2) is 43.8 Å². The molecule has 3 unspecified atom stereocenters. The molecule has 6 saturated heterocycles. The number of ketones is 1. The number of hydrogen-bond acceptors (Lipinski definition) is 20. The number of benzene rings is 6. The average molecular weight is 1250 g/mol. The van der Waals surface area contributed by atoms with Crippen molar-refractivity contribution < 1.29 is 90.2 Å². The van der Waals surface area contributed by atoms with Crippen LogP contribution in [0, 0.1) is 0 Å². The van der Waals surface area contributed by atoms with Gasteiger partial charge in [-0.3, -0.25) is 4.79 Å². The van der Waals surface area contributed by atoms with E-state index in [2.05, 4.69) is 16.6 Å². The van der Waals surface area contributed by atoms with Gasteiger partial charge in [0.1, 0.15) is 79.5 Å². The molecule has 6 heterocycles. The molecule has 0 radical (unpaired) electrons. The van der Waals surface area contributed by atoms with Crippen LogP contribution in [-0.2, 0) is 105 Å². The van der Waals surface area contributed by atoms with E-state index in [-0.39, 0.29) is 70.4 Å². The van der Waals surface area contributed by atoms with E-state index in [1.54, 1.807) is 24.3 Å². The molecule has 0 spiro atoms. The molecule has 22 heteroatoms. The second kappa shape index (κ2) is 30.7. The molecule has 0 amide bonds. The van der Waals surface area contributed by atoms with Crippen molar-refractivity contribution in [2.75, 3.05) is 26.4 Å². The first-order valence-electron chi connectivity index (χ1n) is 30.4. The number of rotatable bonds is 24. The standard InChI is InChI=1S/C69H71N3O19/c1-3-35-76-63(75)49-32-20-19-31-48(49)38-79-67-54(71-72-70)58(55-50(83-67)39-80-64(87-55)45-25-13-6-14-26-45)90-69-62(60(78-37-44-23-11-5-12-24-44)57-52(85-69)41-82-66(89-57)47-29-17-8-18-30-47)91-68-61(86-53(74)34-33-42(2)73)59(77-36-43-21-9-4-10-22-43)56-51(84-68)40-81-65(88-56)46-27-15-7-16-28-46/h3-32,50-52,54-62,64-69H,1,33-41H2,2H3/t50-,51-,52-,54-,55-,56-,57-,58-,59+,60+,61+,62+,64?,65?,66?,67+,68-,69+/m1/s1. The number of azide groups is 1. The summed E-state index contributed by atoms with van der Waals surface area (Å²) in [6.45, 7) is 4.77. The molecule has 22 nitrogen and oxygen atoms in total. The Labute approximate surface area is 525 Å². The molecule has 6 aliphatic rings. The van der Waals surface area contributed by atoms with Gasteiger partial charge in [0.05, 0.1) is 51.6 Å². The highest BCUT2D eigenvalue weighted by molar-refractivity contribution is 5.91. The normalized spacial score (nSPS) is 31.0. The summed E-state index contributed by atoms with van der Waals surface area (Å²) in [6, 6.07) is 52.5.